The molecule has 15 heteroatoms. The van der Waals surface area contributed by atoms with Gasteiger partial charge in [-0.25, -0.2) is 26.9 Å². The maximum Gasteiger partial charge on any atom is 0.258 e. The summed E-state index contributed by atoms with van der Waals surface area (Å²) in [7, 11) is 0. The van der Waals surface area contributed by atoms with Crippen molar-refractivity contribution in [3.05, 3.63) is 98.3 Å². The first kappa shape index (κ1) is 33.7. The lowest BCUT2D eigenvalue weighted by Gasteiger charge is -2.50. The summed E-state index contributed by atoms with van der Waals surface area (Å²) in [5, 5.41) is 10.5. The SMILES string of the molecule is Cc1cc(C2C3=CCC4C(=O)N(c5ccc(Br)cc5)C(=O)C4C3CC3(Cl)C(=O)N(c4c(F)c(F)c(F)c(F)c4F)C(=O)C23Cl)cc(C)c1O. The van der Waals surface area contributed by atoms with Crippen molar-refractivity contribution in [2.45, 2.75) is 42.4 Å². The fourth-order valence-corrected chi connectivity index (χ4v) is 9.14. The zero-order chi connectivity index (χ0) is 35.6. The van der Waals surface area contributed by atoms with Crippen LogP contribution in [0.5, 0.6) is 5.75 Å². The van der Waals surface area contributed by atoms with Crippen molar-refractivity contribution in [2.24, 2.45) is 17.8 Å². The van der Waals surface area contributed by atoms with Gasteiger partial charge in [0, 0.05) is 10.4 Å². The van der Waals surface area contributed by atoms with E-state index in [1.807, 2.05) is 0 Å². The fraction of sp³-hybridized carbons (Fsp3) is 0.294. The largest absolute Gasteiger partial charge is 0.507 e. The van der Waals surface area contributed by atoms with E-state index in [2.05, 4.69) is 15.9 Å². The molecule has 4 amide bonds. The highest BCUT2D eigenvalue weighted by Gasteiger charge is 2.77. The lowest BCUT2D eigenvalue weighted by atomic mass is 9.56. The van der Waals surface area contributed by atoms with Gasteiger partial charge >= 0.3 is 0 Å². The van der Waals surface area contributed by atoms with Crippen LogP contribution in [0.3, 0.4) is 0 Å². The number of rotatable bonds is 3. The molecule has 4 aliphatic rings. The number of carbonyl (C=O) groups excluding carboxylic acids is 4. The molecule has 2 aliphatic carbocycles. The van der Waals surface area contributed by atoms with E-state index in [0.29, 0.717) is 21.2 Å². The summed E-state index contributed by atoms with van der Waals surface area (Å²) in [5.74, 6) is -21.1. The van der Waals surface area contributed by atoms with Gasteiger partial charge in [-0.1, -0.05) is 39.7 Å². The van der Waals surface area contributed by atoms with Crippen LogP contribution >= 0.6 is 39.1 Å². The van der Waals surface area contributed by atoms with Crippen LogP contribution in [0.4, 0.5) is 33.3 Å². The number of hydrogen-bond acceptors (Lipinski definition) is 5. The second-order valence-corrected chi connectivity index (χ2v) is 14.8. The van der Waals surface area contributed by atoms with Crippen LogP contribution in [0, 0.1) is 60.7 Å². The highest BCUT2D eigenvalue weighted by Crippen LogP contribution is 2.66. The number of halogens is 8. The Balaban J connectivity index is 1.45. The Morgan fingerprint density at radius 1 is 0.796 bits per heavy atom. The van der Waals surface area contributed by atoms with Crippen LogP contribution in [-0.4, -0.2) is 38.5 Å². The van der Waals surface area contributed by atoms with E-state index in [4.69, 9.17) is 23.2 Å². The van der Waals surface area contributed by atoms with E-state index in [1.54, 1.807) is 44.2 Å². The molecule has 0 radical (unpaired) electrons. The third-order valence-corrected chi connectivity index (χ3v) is 12.1. The second kappa shape index (κ2) is 11.1. The molecule has 0 bridgehead atoms. The number of alkyl halides is 2. The number of carbonyl (C=O) groups is 4. The van der Waals surface area contributed by atoms with Gasteiger partial charge in [-0.2, -0.15) is 0 Å². The summed E-state index contributed by atoms with van der Waals surface area (Å²) in [4.78, 5) is 52.1. The Kier molecular flexibility index (Phi) is 7.63. The molecule has 3 fully saturated rings. The lowest BCUT2D eigenvalue weighted by Crippen LogP contribution is -2.60. The molecule has 1 saturated carbocycles. The number of anilines is 2. The number of amides is 4. The molecule has 2 heterocycles. The molecule has 7 nitrogen and oxygen atoms in total. The molecule has 2 saturated heterocycles. The van der Waals surface area contributed by atoms with Crippen molar-refractivity contribution >= 4 is 74.1 Å². The van der Waals surface area contributed by atoms with Gasteiger partial charge in [-0.05, 0) is 73.6 Å². The van der Waals surface area contributed by atoms with Crippen molar-refractivity contribution in [2.75, 3.05) is 9.80 Å². The van der Waals surface area contributed by atoms with Crippen LogP contribution in [0.25, 0.3) is 0 Å². The highest BCUT2D eigenvalue weighted by atomic mass is 79.9. The van der Waals surface area contributed by atoms with Crippen LogP contribution < -0.4 is 9.80 Å². The van der Waals surface area contributed by atoms with Gasteiger partial charge in [-0.3, -0.25) is 24.1 Å². The van der Waals surface area contributed by atoms with Gasteiger partial charge < -0.3 is 5.11 Å². The Hall–Kier alpha value is -3.81. The predicted octanol–water partition coefficient (Wildman–Crippen LogP) is 7.24. The van der Waals surface area contributed by atoms with Crippen molar-refractivity contribution in [3.63, 3.8) is 0 Å². The monoisotopic (exact) mass is 782 g/mol. The van der Waals surface area contributed by atoms with Crippen LogP contribution in [0.15, 0.2) is 52.5 Å². The van der Waals surface area contributed by atoms with Crippen LogP contribution in [0.1, 0.15) is 35.4 Å². The summed E-state index contributed by atoms with van der Waals surface area (Å²) < 4.78 is 74.0. The Bertz CT molecular complexity index is 2050. The molecular formula is C34H22BrCl2F5N2O5. The Labute approximate surface area is 293 Å². The maximum atomic E-state index is 15.2. The van der Waals surface area contributed by atoms with Crippen molar-refractivity contribution < 1.29 is 46.2 Å². The molecule has 0 aromatic heterocycles. The number of allylic oxidation sites excluding steroid dienone is 2. The van der Waals surface area contributed by atoms with Crippen molar-refractivity contribution in [3.8, 4) is 5.75 Å². The number of phenols is 1. The lowest BCUT2D eigenvalue weighted by molar-refractivity contribution is -0.125. The third kappa shape index (κ3) is 4.30. The predicted molar refractivity (Wildman–Crippen MR) is 171 cm³/mol. The molecule has 0 spiro atoms. The molecule has 49 heavy (non-hydrogen) atoms. The van der Waals surface area contributed by atoms with Gasteiger partial charge in [0.05, 0.1) is 17.5 Å². The maximum absolute atomic E-state index is 15.2. The molecule has 7 rings (SSSR count). The summed E-state index contributed by atoms with van der Waals surface area (Å²) >= 11 is 17.6. The number of phenolic OH excluding ortho intramolecular Hbond substituents is 1. The minimum absolute atomic E-state index is 0.00635. The Morgan fingerprint density at radius 3 is 1.92 bits per heavy atom. The van der Waals surface area contributed by atoms with E-state index < -0.39 is 98.2 Å². The first-order valence-corrected chi connectivity index (χ1v) is 16.4. The number of nitrogens with zero attached hydrogens (tertiary/aromatic N) is 2. The quantitative estimate of drug-likeness (QED) is 0.0756. The topological polar surface area (TPSA) is 95.0 Å². The third-order valence-electron chi connectivity index (χ3n) is 10.2. The molecule has 3 aromatic carbocycles. The molecular weight excluding hydrogens is 762 g/mol. The Morgan fingerprint density at radius 2 is 1.35 bits per heavy atom. The molecule has 3 aromatic rings. The zero-order valence-electron chi connectivity index (χ0n) is 25.3. The number of imide groups is 2. The van der Waals surface area contributed by atoms with E-state index in [1.165, 1.54) is 12.1 Å². The molecule has 6 atom stereocenters. The average molecular weight is 784 g/mol. The highest BCUT2D eigenvalue weighted by molar-refractivity contribution is 9.10. The van der Waals surface area contributed by atoms with E-state index >= 15 is 8.78 Å². The summed E-state index contributed by atoms with van der Waals surface area (Å²) in [6.07, 6.45) is 1.01. The first-order chi connectivity index (χ1) is 23.0. The number of benzene rings is 3. The minimum Gasteiger partial charge on any atom is -0.507 e. The average Bonchev–Trinajstić information content (AvgIpc) is 3.40. The number of hydrogen-bond donors (Lipinski definition) is 1. The van der Waals surface area contributed by atoms with Gasteiger partial charge in [0.25, 0.3) is 11.8 Å². The van der Waals surface area contributed by atoms with E-state index in [-0.39, 0.29) is 28.3 Å². The summed E-state index contributed by atoms with van der Waals surface area (Å²) in [6.45, 7) is 3.09. The smallest absolute Gasteiger partial charge is 0.258 e. The molecule has 254 valence electrons. The van der Waals surface area contributed by atoms with Gasteiger partial charge in [0.15, 0.2) is 33.0 Å². The molecule has 1 N–H and O–H groups in total. The van der Waals surface area contributed by atoms with E-state index in [0.717, 1.165) is 4.90 Å². The normalized spacial score (nSPS) is 29.3. The summed E-state index contributed by atoms with van der Waals surface area (Å²) in [5.41, 5.74) is -0.410. The number of fused-ring (bicyclic) bond motifs is 4. The molecule has 2 aliphatic heterocycles. The van der Waals surface area contributed by atoms with Crippen LogP contribution in [0.2, 0.25) is 0 Å². The van der Waals surface area contributed by atoms with Crippen molar-refractivity contribution in [1.29, 1.82) is 0 Å². The van der Waals surface area contributed by atoms with Crippen LogP contribution in [-0.2, 0) is 19.2 Å². The fourth-order valence-electron chi connectivity index (χ4n) is 7.94. The van der Waals surface area contributed by atoms with Crippen molar-refractivity contribution in [1.82, 2.24) is 0 Å². The zero-order valence-corrected chi connectivity index (χ0v) is 28.4. The number of aromatic hydroxyl groups is 1. The van der Waals surface area contributed by atoms with Gasteiger partial charge in [0.2, 0.25) is 17.6 Å². The van der Waals surface area contributed by atoms with Gasteiger partial charge in [0.1, 0.15) is 11.4 Å². The standard InChI is InChI=1S/C34H22BrCl2F5N2O5/c1-12-9-14(10-13(2)28(12)45)21-17-7-8-18-20(30(47)43(29(18)46)16-5-3-15(35)4-6-16)19(17)11-33(36)31(48)44(32(49)34(21,33)37)27-25(41)23(39)22(38)24(40)26(27)42/h3-7,9-10,18-21,45H,8,11H2,1-2H3. The van der Waals surface area contributed by atoms with Gasteiger partial charge in [-0.15, -0.1) is 23.2 Å². The van der Waals surface area contributed by atoms with E-state index in [9.17, 15) is 37.5 Å². The summed E-state index contributed by atoms with van der Waals surface area (Å²) in [6, 6.07) is 9.31. The first-order valence-electron chi connectivity index (χ1n) is 14.9. The second-order valence-electron chi connectivity index (χ2n) is 12.7. The molecule has 6 unspecified atom stereocenters. The number of aryl methyl sites for hydroxylation is 2. The minimum atomic E-state index is -2.64.